The molecule has 1 aromatic heterocycles. The first-order chi connectivity index (χ1) is 13.0. The zero-order valence-corrected chi connectivity index (χ0v) is 16.2. The van der Waals surface area contributed by atoms with Gasteiger partial charge in [0, 0.05) is 37.9 Å². The molecule has 0 aromatic carbocycles. The summed E-state index contributed by atoms with van der Waals surface area (Å²) < 4.78 is 5.41. The first-order valence-corrected chi connectivity index (χ1v) is 9.87. The fourth-order valence-corrected chi connectivity index (χ4v) is 4.00. The number of rotatable bonds is 6. The summed E-state index contributed by atoms with van der Waals surface area (Å²) in [5, 5.41) is 20.4. The summed E-state index contributed by atoms with van der Waals surface area (Å²) in [6.07, 6.45) is 1.50. The first-order valence-electron chi connectivity index (χ1n) is 9.87. The summed E-state index contributed by atoms with van der Waals surface area (Å²) in [4.78, 5) is 25.3. The molecule has 2 N–H and O–H groups in total. The largest absolute Gasteiger partial charge is 0.481 e. The topological polar surface area (TPSA) is 99.0 Å². The second kappa shape index (κ2) is 8.39. The van der Waals surface area contributed by atoms with E-state index in [-0.39, 0.29) is 6.54 Å². The number of morpholine rings is 1. The third kappa shape index (κ3) is 4.01. The second-order valence-electron chi connectivity index (χ2n) is 7.39. The molecule has 150 valence electrons. The van der Waals surface area contributed by atoms with Gasteiger partial charge in [-0.2, -0.15) is 4.98 Å². The first kappa shape index (κ1) is 19.8. The number of aryl methyl sites for hydroxylation is 1. The molecule has 3 rings (SSSR count). The van der Waals surface area contributed by atoms with Crippen molar-refractivity contribution in [2.24, 2.45) is 5.41 Å². The van der Waals surface area contributed by atoms with Gasteiger partial charge in [-0.3, -0.25) is 4.79 Å². The highest BCUT2D eigenvalue weighted by molar-refractivity contribution is 5.76. The monoisotopic (exact) mass is 378 g/mol. The molecule has 0 spiro atoms. The van der Waals surface area contributed by atoms with Crippen molar-refractivity contribution in [2.75, 3.05) is 49.2 Å². The zero-order valence-electron chi connectivity index (χ0n) is 16.2. The van der Waals surface area contributed by atoms with Crippen LogP contribution in [-0.2, 0) is 16.0 Å². The van der Waals surface area contributed by atoms with Gasteiger partial charge in [-0.05, 0) is 19.3 Å². The van der Waals surface area contributed by atoms with Crippen LogP contribution in [0.15, 0.2) is 6.07 Å². The fourth-order valence-electron chi connectivity index (χ4n) is 4.00. The molecule has 0 aliphatic carbocycles. The van der Waals surface area contributed by atoms with E-state index < -0.39 is 17.5 Å². The van der Waals surface area contributed by atoms with Gasteiger partial charge in [-0.25, -0.2) is 4.98 Å². The number of carboxylic acid groups (broad SMARTS) is 1. The summed E-state index contributed by atoms with van der Waals surface area (Å²) in [5.74, 6) is 0.547. The molecule has 0 radical (unpaired) electrons. The highest BCUT2D eigenvalue weighted by Gasteiger charge is 2.48. The van der Waals surface area contributed by atoms with Crippen molar-refractivity contribution in [3.63, 3.8) is 0 Å². The van der Waals surface area contributed by atoms with Crippen LogP contribution in [0.25, 0.3) is 0 Å². The number of hydrogen-bond donors (Lipinski definition) is 2. The van der Waals surface area contributed by atoms with Gasteiger partial charge >= 0.3 is 5.97 Å². The van der Waals surface area contributed by atoms with Crippen LogP contribution in [0.2, 0.25) is 0 Å². The van der Waals surface area contributed by atoms with Gasteiger partial charge in [0.2, 0.25) is 5.95 Å². The number of β-amino-alcohol motifs (C(OH)–C–C–N with tert-alkyl or cyclic N) is 1. The molecule has 3 heterocycles. The molecule has 1 aromatic rings. The van der Waals surface area contributed by atoms with Crippen molar-refractivity contribution in [2.45, 2.75) is 45.6 Å². The van der Waals surface area contributed by atoms with Crippen LogP contribution in [0.4, 0.5) is 11.8 Å². The SMILES string of the molecule is CCC[C@]1(C(=O)O)CCN(c2cc(CC)nc(N3CCOCC3)n2)C[C@@H]1O. The Balaban J connectivity index is 1.83. The normalized spacial score (nSPS) is 26.3. The number of nitrogens with zero attached hydrogens (tertiary/aromatic N) is 4. The lowest BCUT2D eigenvalue weighted by atomic mass is 9.73. The second-order valence-corrected chi connectivity index (χ2v) is 7.39. The number of ether oxygens (including phenoxy) is 1. The number of aliphatic hydroxyl groups excluding tert-OH is 1. The van der Waals surface area contributed by atoms with Crippen molar-refractivity contribution in [1.82, 2.24) is 9.97 Å². The zero-order chi connectivity index (χ0) is 19.4. The number of aliphatic carboxylic acids is 1. The van der Waals surface area contributed by atoms with E-state index in [9.17, 15) is 15.0 Å². The van der Waals surface area contributed by atoms with Gasteiger partial charge in [0.25, 0.3) is 0 Å². The van der Waals surface area contributed by atoms with Crippen LogP contribution < -0.4 is 9.80 Å². The van der Waals surface area contributed by atoms with Crippen LogP contribution >= 0.6 is 0 Å². The van der Waals surface area contributed by atoms with Crippen molar-refractivity contribution in [3.05, 3.63) is 11.8 Å². The van der Waals surface area contributed by atoms with E-state index in [0.717, 1.165) is 37.4 Å². The minimum absolute atomic E-state index is 0.273. The predicted octanol–water partition coefficient (Wildman–Crippen LogP) is 1.32. The average Bonchev–Trinajstić information content (AvgIpc) is 2.69. The van der Waals surface area contributed by atoms with Gasteiger partial charge < -0.3 is 24.7 Å². The van der Waals surface area contributed by atoms with Gasteiger partial charge in [-0.1, -0.05) is 20.3 Å². The van der Waals surface area contributed by atoms with E-state index in [1.807, 2.05) is 17.9 Å². The number of anilines is 2. The number of hydrogen-bond acceptors (Lipinski definition) is 7. The summed E-state index contributed by atoms with van der Waals surface area (Å²) in [6.45, 7) is 7.68. The Kier molecular flexibility index (Phi) is 6.16. The van der Waals surface area contributed by atoms with Crippen LogP contribution in [0.1, 0.15) is 38.8 Å². The van der Waals surface area contributed by atoms with Crippen molar-refractivity contribution < 1.29 is 19.7 Å². The van der Waals surface area contributed by atoms with Gasteiger partial charge in [-0.15, -0.1) is 0 Å². The molecule has 2 saturated heterocycles. The number of carboxylic acids is 1. The van der Waals surface area contributed by atoms with Gasteiger partial charge in [0.15, 0.2) is 0 Å². The van der Waals surface area contributed by atoms with Crippen molar-refractivity contribution >= 4 is 17.7 Å². The van der Waals surface area contributed by atoms with E-state index in [0.29, 0.717) is 38.5 Å². The Labute approximate surface area is 160 Å². The minimum Gasteiger partial charge on any atom is -0.481 e. The lowest BCUT2D eigenvalue weighted by Gasteiger charge is -2.43. The molecule has 0 bridgehead atoms. The number of aliphatic hydroxyl groups is 1. The maximum absolute atomic E-state index is 11.9. The molecule has 2 aliphatic heterocycles. The Bertz CT molecular complexity index is 665. The Morgan fingerprint density at radius 3 is 2.59 bits per heavy atom. The van der Waals surface area contributed by atoms with Gasteiger partial charge in [0.1, 0.15) is 5.82 Å². The predicted molar refractivity (Wildman–Crippen MR) is 102 cm³/mol. The molecular weight excluding hydrogens is 348 g/mol. The molecule has 2 fully saturated rings. The summed E-state index contributed by atoms with van der Waals surface area (Å²) in [5.41, 5.74) is -0.113. The Morgan fingerprint density at radius 2 is 2.00 bits per heavy atom. The third-order valence-electron chi connectivity index (χ3n) is 5.72. The molecule has 8 heteroatoms. The maximum Gasteiger partial charge on any atom is 0.312 e. The lowest BCUT2D eigenvalue weighted by Crippen LogP contribution is -2.55. The number of piperidine rings is 1. The standard InChI is InChI=1S/C19H30N4O4/c1-3-5-19(17(25)26)6-7-23(13-15(19)24)16-12-14(4-2)20-18(21-16)22-8-10-27-11-9-22/h12,15,24H,3-11,13H2,1-2H3,(H,25,26)/t15-,19-/m0/s1. The summed E-state index contributed by atoms with van der Waals surface area (Å²) >= 11 is 0. The molecular formula is C19H30N4O4. The Hall–Kier alpha value is -1.93. The minimum atomic E-state index is -1.06. The molecule has 27 heavy (non-hydrogen) atoms. The Morgan fingerprint density at radius 1 is 1.26 bits per heavy atom. The van der Waals surface area contributed by atoms with Crippen LogP contribution in [0.5, 0.6) is 0 Å². The van der Waals surface area contributed by atoms with Crippen molar-refractivity contribution in [3.8, 4) is 0 Å². The van der Waals surface area contributed by atoms with E-state index in [4.69, 9.17) is 9.72 Å². The van der Waals surface area contributed by atoms with E-state index >= 15 is 0 Å². The summed E-state index contributed by atoms with van der Waals surface area (Å²) in [7, 11) is 0. The lowest BCUT2D eigenvalue weighted by molar-refractivity contribution is -0.159. The molecule has 0 amide bonds. The van der Waals surface area contributed by atoms with Gasteiger partial charge in [0.05, 0.1) is 24.7 Å². The highest BCUT2D eigenvalue weighted by atomic mass is 16.5. The highest BCUT2D eigenvalue weighted by Crippen LogP contribution is 2.38. The van der Waals surface area contributed by atoms with E-state index in [1.165, 1.54) is 0 Å². The average molecular weight is 378 g/mol. The fraction of sp³-hybridized carbons (Fsp3) is 0.737. The molecule has 2 aliphatic rings. The number of carbonyl (C=O) groups is 1. The number of aromatic nitrogens is 2. The van der Waals surface area contributed by atoms with E-state index in [2.05, 4.69) is 16.8 Å². The molecule has 0 saturated carbocycles. The third-order valence-corrected chi connectivity index (χ3v) is 5.72. The van der Waals surface area contributed by atoms with Crippen LogP contribution in [-0.4, -0.2) is 71.6 Å². The van der Waals surface area contributed by atoms with Crippen LogP contribution in [0.3, 0.4) is 0 Å². The smallest absolute Gasteiger partial charge is 0.312 e. The molecule has 2 atom stereocenters. The maximum atomic E-state index is 11.9. The quantitative estimate of drug-likeness (QED) is 0.765. The van der Waals surface area contributed by atoms with Crippen LogP contribution in [0, 0.1) is 5.41 Å². The van der Waals surface area contributed by atoms with Crippen molar-refractivity contribution in [1.29, 1.82) is 0 Å². The molecule has 0 unspecified atom stereocenters. The summed E-state index contributed by atoms with van der Waals surface area (Å²) in [6, 6.07) is 1.95. The molecule has 8 nitrogen and oxygen atoms in total. The van der Waals surface area contributed by atoms with E-state index in [1.54, 1.807) is 0 Å².